The maximum atomic E-state index is 12.4. The van der Waals surface area contributed by atoms with Gasteiger partial charge in [0.2, 0.25) is 5.75 Å². The average molecular weight is 384 g/mol. The number of carbonyl (C=O) groups is 1. The second kappa shape index (κ2) is 8.04. The Balaban J connectivity index is 1.82. The van der Waals surface area contributed by atoms with Crippen LogP contribution in [0.3, 0.4) is 0 Å². The molecular formula is C21H20O7. The van der Waals surface area contributed by atoms with Crippen LogP contribution in [0.1, 0.15) is 11.1 Å². The molecule has 0 aliphatic carbocycles. The maximum absolute atomic E-state index is 12.4. The molecule has 146 valence electrons. The molecule has 0 saturated heterocycles. The number of ether oxygens (including phenoxy) is 4. The first-order valence-corrected chi connectivity index (χ1v) is 8.49. The number of carbonyl (C=O) groups excluding carboxylic acids is 1. The van der Waals surface area contributed by atoms with Crippen LogP contribution in [0.4, 0.5) is 0 Å². The van der Waals surface area contributed by atoms with Gasteiger partial charge in [-0.15, -0.1) is 0 Å². The van der Waals surface area contributed by atoms with Crippen molar-refractivity contribution in [2.75, 3.05) is 21.3 Å². The van der Waals surface area contributed by atoms with E-state index in [0.29, 0.717) is 34.1 Å². The van der Waals surface area contributed by atoms with Crippen molar-refractivity contribution in [1.29, 1.82) is 0 Å². The third-order valence-electron chi connectivity index (χ3n) is 4.23. The van der Waals surface area contributed by atoms with Crippen molar-refractivity contribution in [2.45, 2.75) is 13.3 Å². The fourth-order valence-corrected chi connectivity index (χ4v) is 2.94. The van der Waals surface area contributed by atoms with E-state index in [2.05, 4.69) is 0 Å². The molecule has 0 fully saturated rings. The molecule has 3 aromatic rings. The standard InChI is InChI=1S/C21H20O7/c1-12-7-19(22)28-16-11-14(5-6-15(12)16)27-20(23)10-13-8-17(24-2)21(26-4)18(9-13)25-3/h5-9,11H,10H2,1-4H3. The first kappa shape index (κ1) is 19.3. The highest BCUT2D eigenvalue weighted by molar-refractivity contribution is 5.83. The van der Waals surface area contributed by atoms with Crippen molar-refractivity contribution in [3.05, 3.63) is 57.9 Å². The highest BCUT2D eigenvalue weighted by Crippen LogP contribution is 2.38. The predicted octanol–water partition coefficient (Wildman–Crippen LogP) is 3.28. The molecule has 1 aromatic heterocycles. The van der Waals surface area contributed by atoms with Gasteiger partial charge in [0.1, 0.15) is 11.3 Å². The van der Waals surface area contributed by atoms with Crippen LogP contribution in [0.2, 0.25) is 0 Å². The molecule has 0 saturated carbocycles. The molecule has 7 nitrogen and oxygen atoms in total. The second-order valence-electron chi connectivity index (χ2n) is 6.09. The van der Waals surface area contributed by atoms with E-state index in [-0.39, 0.29) is 6.42 Å². The van der Waals surface area contributed by atoms with Gasteiger partial charge in [-0.1, -0.05) is 0 Å². The summed E-state index contributed by atoms with van der Waals surface area (Å²) in [5.41, 5.74) is 1.35. The Morgan fingerprint density at radius 2 is 1.64 bits per heavy atom. The van der Waals surface area contributed by atoms with Gasteiger partial charge in [-0.2, -0.15) is 0 Å². The highest BCUT2D eigenvalue weighted by Gasteiger charge is 2.16. The predicted molar refractivity (Wildman–Crippen MR) is 103 cm³/mol. The van der Waals surface area contributed by atoms with Gasteiger partial charge >= 0.3 is 11.6 Å². The van der Waals surface area contributed by atoms with Gasteiger partial charge in [0.05, 0.1) is 27.8 Å². The number of fused-ring (bicyclic) bond motifs is 1. The van der Waals surface area contributed by atoms with Gasteiger partial charge in [-0.3, -0.25) is 4.79 Å². The number of hydrogen-bond donors (Lipinski definition) is 0. The molecule has 0 aliphatic heterocycles. The Morgan fingerprint density at radius 3 is 2.25 bits per heavy atom. The lowest BCUT2D eigenvalue weighted by molar-refractivity contribution is -0.133. The van der Waals surface area contributed by atoms with Crippen LogP contribution >= 0.6 is 0 Å². The zero-order chi connectivity index (χ0) is 20.3. The van der Waals surface area contributed by atoms with E-state index >= 15 is 0 Å². The van der Waals surface area contributed by atoms with Crippen molar-refractivity contribution < 1.29 is 28.2 Å². The topological polar surface area (TPSA) is 84.2 Å². The first-order chi connectivity index (χ1) is 13.4. The molecule has 0 amide bonds. The molecule has 3 rings (SSSR count). The van der Waals surface area contributed by atoms with E-state index in [1.165, 1.54) is 33.5 Å². The van der Waals surface area contributed by atoms with Gasteiger partial charge in [0, 0.05) is 17.5 Å². The minimum absolute atomic E-state index is 0.00742. The number of benzene rings is 2. The first-order valence-electron chi connectivity index (χ1n) is 8.49. The highest BCUT2D eigenvalue weighted by atomic mass is 16.5. The van der Waals surface area contributed by atoms with Crippen LogP contribution in [-0.4, -0.2) is 27.3 Å². The van der Waals surface area contributed by atoms with Crippen molar-refractivity contribution in [3.8, 4) is 23.0 Å². The van der Waals surface area contributed by atoms with Gasteiger partial charge in [-0.05, 0) is 42.3 Å². The minimum Gasteiger partial charge on any atom is -0.493 e. The van der Waals surface area contributed by atoms with Crippen molar-refractivity contribution in [3.63, 3.8) is 0 Å². The van der Waals surface area contributed by atoms with Gasteiger partial charge in [-0.25, -0.2) is 4.79 Å². The molecule has 0 bridgehead atoms. The molecule has 7 heteroatoms. The molecule has 0 atom stereocenters. The Kier molecular flexibility index (Phi) is 5.54. The summed E-state index contributed by atoms with van der Waals surface area (Å²) < 4.78 is 26.4. The van der Waals surface area contributed by atoms with Crippen LogP contribution in [-0.2, 0) is 11.2 Å². The monoisotopic (exact) mass is 384 g/mol. The SMILES string of the molecule is COc1cc(CC(=O)Oc2ccc3c(C)cc(=O)oc3c2)cc(OC)c1OC. The lowest BCUT2D eigenvalue weighted by Crippen LogP contribution is -2.11. The maximum Gasteiger partial charge on any atom is 0.336 e. The molecule has 2 aromatic carbocycles. The average Bonchev–Trinajstić information content (AvgIpc) is 2.66. The molecule has 28 heavy (non-hydrogen) atoms. The summed E-state index contributed by atoms with van der Waals surface area (Å²) in [7, 11) is 4.52. The summed E-state index contributed by atoms with van der Waals surface area (Å²) in [6.07, 6.45) is -0.00742. The van der Waals surface area contributed by atoms with E-state index < -0.39 is 11.6 Å². The Hall–Kier alpha value is -3.48. The van der Waals surface area contributed by atoms with E-state index in [0.717, 1.165) is 10.9 Å². The molecule has 0 radical (unpaired) electrons. The Labute approximate surface area is 161 Å². The third-order valence-corrected chi connectivity index (χ3v) is 4.23. The van der Waals surface area contributed by atoms with Gasteiger partial charge < -0.3 is 23.4 Å². The zero-order valence-corrected chi connectivity index (χ0v) is 16.0. The second-order valence-corrected chi connectivity index (χ2v) is 6.09. The molecular weight excluding hydrogens is 364 g/mol. The fourth-order valence-electron chi connectivity index (χ4n) is 2.94. The molecule has 0 spiro atoms. The molecule has 1 heterocycles. The number of rotatable bonds is 6. The van der Waals surface area contributed by atoms with Crippen LogP contribution < -0.4 is 24.6 Å². The summed E-state index contributed by atoms with van der Waals surface area (Å²) in [4.78, 5) is 23.9. The summed E-state index contributed by atoms with van der Waals surface area (Å²) >= 11 is 0. The van der Waals surface area contributed by atoms with Gasteiger partial charge in [0.15, 0.2) is 11.5 Å². The Bertz CT molecular complexity index is 1060. The molecule has 0 unspecified atom stereocenters. The lowest BCUT2D eigenvalue weighted by Gasteiger charge is -2.14. The summed E-state index contributed by atoms with van der Waals surface area (Å²) in [5, 5.41) is 0.782. The van der Waals surface area contributed by atoms with Gasteiger partial charge in [0.25, 0.3) is 0 Å². The Morgan fingerprint density at radius 1 is 0.964 bits per heavy atom. The number of hydrogen-bond acceptors (Lipinski definition) is 7. The largest absolute Gasteiger partial charge is 0.493 e. The summed E-state index contributed by atoms with van der Waals surface area (Å²) in [6, 6.07) is 9.71. The molecule has 0 aliphatic rings. The van der Waals surface area contributed by atoms with E-state index in [9.17, 15) is 9.59 Å². The third kappa shape index (κ3) is 3.93. The van der Waals surface area contributed by atoms with Crippen LogP contribution in [0.25, 0.3) is 11.0 Å². The van der Waals surface area contributed by atoms with Crippen molar-refractivity contribution >= 4 is 16.9 Å². The van der Waals surface area contributed by atoms with E-state index in [1.807, 2.05) is 6.92 Å². The zero-order valence-electron chi connectivity index (χ0n) is 16.0. The lowest BCUT2D eigenvalue weighted by atomic mass is 10.1. The van der Waals surface area contributed by atoms with E-state index in [4.69, 9.17) is 23.4 Å². The van der Waals surface area contributed by atoms with Crippen LogP contribution in [0.15, 0.2) is 45.6 Å². The summed E-state index contributed by atoms with van der Waals surface area (Å²) in [6.45, 7) is 1.81. The van der Waals surface area contributed by atoms with Crippen molar-refractivity contribution in [1.82, 2.24) is 0 Å². The molecule has 0 N–H and O–H groups in total. The van der Waals surface area contributed by atoms with Crippen LogP contribution in [0, 0.1) is 6.92 Å². The number of methoxy groups -OCH3 is 3. The normalized spacial score (nSPS) is 10.6. The smallest absolute Gasteiger partial charge is 0.336 e. The van der Waals surface area contributed by atoms with Crippen molar-refractivity contribution in [2.24, 2.45) is 0 Å². The minimum atomic E-state index is -0.483. The quantitative estimate of drug-likeness (QED) is 0.366. The van der Waals surface area contributed by atoms with E-state index in [1.54, 1.807) is 24.3 Å². The van der Waals surface area contributed by atoms with Crippen LogP contribution in [0.5, 0.6) is 23.0 Å². The summed E-state index contributed by atoms with van der Waals surface area (Å²) in [5.74, 6) is 1.16. The number of aryl methyl sites for hydroxylation is 1. The number of esters is 1. The fraction of sp³-hybridized carbons (Fsp3) is 0.238.